The van der Waals surface area contributed by atoms with Gasteiger partial charge in [-0.15, -0.1) is 0 Å². The molecule has 0 bridgehead atoms. The molecule has 0 radical (unpaired) electrons. The number of ether oxygens (including phenoxy) is 3. The Morgan fingerprint density at radius 2 is 1.84 bits per heavy atom. The first-order valence-corrected chi connectivity index (χ1v) is 7.84. The average Bonchev–Trinajstić information content (AvgIpc) is 2.63. The van der Waals surface area contributed by atoms with E-state index < -0.39 is 5.97 Å². The van der Waals surface area contributed by atoms with Crippen LogP contribution in [0.25, 0.3) is 0 Å². The topological polar surface area (TPSA) is 73.9 Å². The van der Waals surface area contributed by atoms with Gasteiger partial charge in [0.05, 0.1) is 31.6 Å². The number of nitrogens with one attached hydrogen (secondary N) is 1. The maximum atomic E-state index is 12.6. The lowest BCUT2D eigenvalue weighted by atomic mass is 10.1. The number of rotatable bonds is 7. The van der Waals surface area contributed by atoms with E-state index in [2.05, 4.69) is 5.32 Å². The molecule has 0 aliphatic heterocycles. The second-order valence-corrected chi connectivity index (χ2v) is 5.18. The van der Waals surface area contributed by atoms with E-state index >= 15 is 0 Å². The minimum absolute atomic E-state index is 0.293. The van der Waals surface area contributed by atoms with E-state index in [0.29, 0.717) is 35.8 Å². The van der Waals surface area contributed by atoms with Crippen molar-refractivity contribution in [2.75, 3.05) is 26.1 Å². The van der Waals surface area contributed by atoms with Crippen LogP contribution in [0.5, 0.6) is 5.75 Å². The third-order valence-electron chi connectivity index (χ3n) is 3.50. The Balaban J connectivity index is 2.27. The lowest BCUT2D eigenvalue weighted by molar-refractivity contribution is 0.0602. The van der Waals surface area contributed by atoms with E-state index in [1.54, 1.807) is 49.6 Å². The molecule has 0 unspecified atom stereocenters. The molecule has 0 saturated heterocycles. The lowest BCUT2D eigenvalue weighted by Crippen LogP contribution is -2.16. The van der Waals surface area contributed by atoms with Crippen molar-refractivity contribution in [2.45, 2.75) is 13.5 Å². The minimum Gasteiger partial charge on any atom is -0.494 e. The molecule has 0 aliphatic carbocycles. The van der Waals surface area contributed by atoms with Crippen molar-refractivity contribution in [3.8, 4) is 5.75 Å². The predicted molar refractivity (Wildman–Crippen MR) is 94.1 cm³/mol. The second kappa shape index (κ2) is 8.84. The van der Waals surface area contributed by atoms with Crippen molar-refractivity contribution in [1.82, 2.24) is 0 Å². The van der Waals surface area contributed by atoms with Crippen LogP contribution < -0.4 is 10.1 Å². The summed E-state index contributed by atoms with van der Waals surface area (Å²) in [6, 6.07) is 11.8. The summed E-state index contributed by atoms with van der Waals surface area (Å²) in [6.45, 7) is 2.74. The van der Waals surface area contributed by atoms with Gasteiger partial charge in [-0.05, 0) is 37.3 Å². The first-order valence-electron chi connectivity index (χ1n) is 7.84. The number of methoxy groups -OCH3 is 2. The van der Waals surface area contributed by atoms with Gasteiger partial charge in [0.2, 0.25) is 0 Å². The highest BCUT2D eigenvalue weighted by Crippen LogP contribution is 2.23. The second-order valence-electron chi connectivity index (χ2n) is 5.18. The number of amides is 1. The average molecular weight is 343 g/mol. The molecule has 0 atom stereocenters. The van der Waals surface area contributed by atoms with Crippen LogP contribution in [-0.2, 0) is 16.1 Å². The first kappa shape index (κ1) is 18.5. The number of hydrogen-bond acceptors (Lipinski definition) is 5. The molecule has 1 N–H and O–H groups in total. The summed E-state index contributed by atoms with van der Waals surface area (Å²) in [6.07, 6.45) is 0. The van der Waals surface area contributed by atoms with Crippen LogP contribution >= 0.6 is 0 Å². The summed E-state index contributed by atoms with van der Waals surface area (Å²) < 4.78 is 15.4. The van der Waals surface area contributed by atoms with Crippen LogP contribution in [0.3, 0.4) is 0 Å². The van der Waals surface area contributed by atoms with E-state index in [1.165, 1.54) is 7.11 Å². The summed E-state index contributed by atoms with van der Waals surface area (Å²) in [5, 5.41) is 2.74. The Labute approximate surface area is 146 Å². The van der Waals surface area contributed by atoms with Crippen molar-refractivity contribution in [3.63, 3.8) is 0 Å². The fourth-order valence-corrected chi connectivity index (χ4v) is 2.36. The zero-order valence-corrected chi connectivity index (χ0v) is 14.5. The van der Waals surface area contributed by atoms with Gasteiger partial charge in [0.25, 0.3) is 5.91 Å². The Bertz CT molecular complexity index is 757. The van der Waals surface area contributed by atoms with Crippen molar-refractivity contribution >= 4 is 17.6 Å². The van der Waals surface area contributed by atoms with Crippen LogP contribution in [0.15, 0.2) is 42.5 Å². The van der Waals surface area contributed by atoms with Crippen molar-refractivity contribution in [3.05, 3.63) is 59.2 Å². The van der Waals surface area contributed by atoms with Gasteiger partial charge in [0.15, 0.2) is 0 Å². The largest absolute Gasteiger partial charge is 0.494 e. The van der Waals surface area contributed by atoms with E-state index in [4.69, 9.17) is 14.2 Å². The molecule has 0 fully saturated rings. The molecule has 2 aromatic rings. The van der Waals surface area contributed by atoms with Gasteiger partial charge in [-0.2, -0.15) is 0 Å². The van der Waals surface area contributed by atoms with E-state index in [0.717, 1.165) is 5.56 Å². The number of hydrogen-bond donors (Lipinski definition) is 1. The maximum Gasteiger partial charge on any atom is 0.339 e. The standard InChI is InChI=1S/C19H21NO5/c1-4-25-17-10-9-13(11-14(17)12-23-2)18(21)20-16-8-6-5-7-15(16)19(22)24-3/h5-11H,4,12H2,1-3H3,(H,20,21). The zero-order valence-electron chi connectivity index (χ0n) is 14.5. The number of esters is 1. The molecule has 1 amide bonds. The highest BCUT2D eigenvalue weighted by molar-refractivity contribution is 6.08. The highest BCUT2D eigenvalue weighted by Gasteiger charge is 2.15. The van der Waals surface area contributed by atoms with Gasteiger partial charge >= 0.3 is 5.97 Å². The van der Waals surface area contributed by atoms with Crippen LogP contribution in [0.1, 0.15) is 33.2 Å². The number of para-hydroxylation sites is 1. The highest BCUT2D eigenvalue weighted by atomic mass is 16.5. The lowest BCUT2D eigenvalue weighted by Gasteiger charge is -2.13. The Kier molecular flexibility index (Phi) is 6.54. The summed E-state index contributed by atoms with van der Waals surface area (Å²) in [4.78, 5) is 24.4. The summed E-state index contributed by atoms with van der Waals surface area (Å²) in [5.41, 5.74) is 1.90. The molecule has 0 aromatic heterocycles. The maximum absolute atomic E-state index is 12.6. The predicted octanol–water partition coefficient (Wildman–Crippen LogP) is 3.27. The van der Waals surface area contributed by atoms with Crippen molar-refractivity contribution < 1.29 is 23.8 Å². The molecular weight excluding hydrogens is 322 g/mol. The van der Waals surface area contributed by atoms with Gasteiger partial charge in [-0.1, -0.05) is 12.1 Å². The van der Waals surface area contributed by atoms with E-state index in [9.17, 15) is 9.59 Å². The SMILES string of the molecule is CCOc1ccc(C(=O)Nc2ccccc2C(=O)OC)cc1COC. The summed E-state index contributed by atoms with van der Waals surface area (Å²) in [5.74, 6) is -0.171. The van der Waals surface area contributed by atoms with Crippen molar-refractivity contribution in [1.29, 1.82) is 0 Å². The van der Waals surface area contributed by atoms with Crippen LogP contribution in [0.2, 0.25) is 0 Å². The molecule has 132 valence electrons. The number of benzene rings is 2. The Morgan fingerprint density at radius 3 is 2.52 bits per heavy atom. The number of carbonyl (C=O) groups excluding carboxylic acids is 2. The molecule has 0 heterocycles. The van der Waals surface area contributed by atoms with E-state index in [1.807, 2.05) is 6.92 Å². The third kappa shape index (κ3) is 4.58. The zero-order chi connectivity index (χ0) is 18.2. The first-order chi connectivity index (χ1) is 12.1. The van der Waals surface area contributed by atoms with Gasteiger partial charge in [0.1, 0.15) is 5.75 Å². The molecule has 2 rings (SSSR count). The van der Waals surface area contributed by atoms with E-state index in [-0.39, 0.29) is 5.91 Å². The molecule has 6 nitrogen and oxygen atoms in total. The molecule has 6 heteroatoms. The normalized spacial score (nSPS) is 10.2. The van der Waals surface area contributed by atoms with Gasteiger partial charge in [0, 0.05) is 18.2 Å². The van der Waals surface area contributed by atoms with Gasteiger partial charge in [-0.3, -0.25) is 4.79 Å². The minimum atomic E-state index is -0.511. The number of carbonyl (C=O) groups is 2. The fourth-order valence-electron chi connectivity index (χ4n) is 2.36. The van der Waals surface area contributed by atoms with Gasteiger partial charge in [-0.25, -0.2) is 4.79 Å². The Morgan fingerprint density at radius 1 is 1.08 bits per heavy atom. The molecule has 0 aliphatic rings. The fraction of sp³-hybridized carbons (Fsp3) is 0.263. The molecule has 2 aromatic carbocycles. The summed E-state index contributed by atoms with van der Waals surface area (Å²) in [7, 11) is 2.87. The van der Waals surface area contributed by atoms with Gasteiger partial charge < -0.3 is 19.5 Å². The third-order valence-corrected chi connectivity index (χ3v) is 3.50. The monoisotopic (exact) mass is 343 g/mol. The molecule has 0 spiro atoms. The Hall–Kier alpha value is -2.86. The quantitative estimate of drug-likeness (QED) is 0.781. The smallest absolute Gasteiger partial charge is 0.339 e. The molecule has 25 heavy (non-hydrogen) atoms. The number of anilines is 1. The van der Waals surface area contributed by atoms with Crippen molar-refractivity contribution in [2.24, 2.45) is 0 Å². The summed E-state index contributed by atoms with van der Waals surface area (Å²) >= 11 is 0. The molecular formula is C19H21NO5. The van der Waals surface area contributed by atoms with Crippen LogP contribution in [0, 0.1) is 0 Å². The van der Waals surface area contributed by atoms with Crippen LogP contribution in [0.4, 0.5) is 5.69 Å². The molecule has 0 saturated carbocycles. The van der Waals surface area contributed by atoms with Crippen LogP contribution in [-0.4, -0.2) is 32.7 Å².